The van der Waals surface area contributed by atoms with Crippen LogP contribution in [0.4, 0.5) is 5.82 Å². The minimum atomic E-state index is -0.370. The molecule has 0 aliphatic carbocycles. The van der Waals surface area contributed by atoms with Crippen LogP contribution in [0.5, 0.6) is 0 Å². The molecule has 0 atom stereocenters. The first-order valence-electron chi connectivity index (χ1n) is 8.87. The van der Waals surface area contributed by atoms with Crippen molar-refractivity contribution in [2.75, 3.05) is 18.0 Å². The fourth-order valence-electron chi connectivity index (χ4n) is 3.35. The van der Waals surface area contributed by atoms with Gasteiger partial charge in [0.25, 0.3) is 0 Å². The minimum Gasteiger partial charge on any atom is -0.457 e. The summed E-state index contributed by atoms with van der Waals surface area (Å²) in [5, 5.41) is 4.83. The highest BCUT2D eigenvalue weighted by atomic mass is 16.5. The number of nitrogens with zero attached hydrogens (tertiary/aromatic N) is 3. The lowest BCUT2D eigenvalue weighted by Gasteiger charge is -2.20. The van der Waals surface area contributed by atoms with Crippen molar-refractivity contribution in [3.05, 3.63) is 52.9 Å². The van der Waals surface area contributed by atoms with E-state index >= 15 is 0 Å². The molecule has 3 aromatic rings. The lowest BCUT2D eigenvalue weighted by molar-refractivity contribution is 0.0471. The van der Waals surface area contributed by atoms with Gasteiger partial charge in [-0.2, -0.15) is 0 Å². The molecule has 0 spiro atoms. The zero-order valence-corrected chi connectivity index (χ0v) is 15.0. The van der Waals surface area contributed by atoms with Gasteiger partial charge in [0.15, 0.2) is 0 Å². The van der Waals surface area contributed by atoms with Crippen molar-refractivity contribution >= 4 is 22.7 Å². The molecular weight excluding hydrogens is 330 g/mol. The first-order chi connectivity index (χ1) is 12.6. The van der Waals surface area contributed by atoms with E-state index in [9.17, 15) is 4.79 Å². The maximum absolute atomic E-state index is 12.8. The Morgan fingerprint density at radius 1 is 1.23 bits per heavy atom. The summed E-state index contributed by atoms with van der Waals surface area (Å²) in [6.07, 6.45) is 2.23. The quantitative estimate of drug-likeness (QED) is 0.666. The van der Waals surface area contributed by atoms with E-state index in [-0.39, 0.29) is 12.6 Å². The summed E-state index contributed by atoms with van der Waals surface area (Å²) >= 11 is 0. The summed E-state index contributed by atoms with van der Waals surface area (Å²) < 4.78 is 10.7. The summed E-state index contributed by atoms with van der Waals surface area (Å²) in [4.78, 5) is 19.8. The number of esters is 1. The standard InChI is InChI=1S/C20H21N3O3/c1-13-17(14(2)26-22-13)12-25-20(24)16-11-15-7-3-4-8-18(15)21-19(16)23-9-5-6-10-23/h3-4,7-8,11H,5-6,9-10,12H2,1-2H3. The summed E-state index contributed by atoms with van der Waals surface area (Å²) in [7, 11) is 0. The van der Waals surface area contributed by atoms with E-state index < -0.39 is 0 Å². The Hall–Kier alpha value is -2.89. The van der Waals surface area contributed by atoms with Crippen molar-refractivity contribution in [3.63, 3.8) is 0 Å². The van der Waals surface area contributed by atoms with E-state index in [4.69, 9.17) is 14.2 Å². The monoisotopic (exact) mass is 351 g/mol. The number of aryl methyl sites for hydroxylation is 2. The van der Waals surface area contributed by atoms with Crippen LogP contribution in [0.3, 0.4) is 0 Å². The Morgan fingerprint density at radius 2 is 2.00 bits per heavy atom. The van der Waals surface area contributed by atoms with Crippen molar-refractivity contribution in [2.24, 2.45) is 0 Å². The largest absolute Gasteiger partial charge is 0.457 e. The molecule has 0 amide bonds. The molecule has 0 N–H and O–H groups in total. The van der Waals surface area contributed by atoms with E-state index in [2.05, 4.69) is 10.1 Å². The molecule has 4 rings (SSSR count). The molecule has 6 heteroatoms. The van der Waals surface area contributed by atoms with Gasteiger partial charge in [-0.15, -0.1) is 0 Å². The van der Waals surface area contributed by atoms with Gasteiger partial charge in [-0.25, -0.2) is 9.78 Å². The number of rotatable bonds is 4. The van der Waals surface area contributed by atoms with Crippen LogP contribution < -0.4 is 4.90 Å². The van der Waals surface area contributed by atoms with Crippen LogP contribution in [0, 0.1) is 13.8 Å². The third-order valence-corrected chi connectivity index (χ3v) is 4.86. The second-order valence-electron chi connectivity index (χ2n) is 6.63. The average molecular weight is 351 g/mol. The molecule has 2 aromatic heterocycles. The van der Waals surface area contributed by atoms with Gasteiger partial charge >= 0.3 is 5.97 Å². The predicted octanol–water partition coefficient (Wildman–Crippen LogP) is 3.80. The molecule has 1 fully saturated rings. The van der Waals surface area contributed by atoms with Crippen LogP contribution in [0.25, 0.3) is 10.9 Å². The fraction of sp³-hybridized carbons (Fsp3) is 0.350. The third-order valence-electron chi connectivity index (χ3n) is 4.86. The van der Waals surface area contributed by atoms with Gasteiger partial charge in [-0.3, -0.25) is 0 Å². The SMILES string of the molecule is Cc1noc(C)c1COC(=O)c1cc2ccccc2nc1N1CCCC1. The lowest BCUT2D eigenvalue weighted by Crippen LogP contribution is -2.23. The normalized spacial score (nSPS) is 14.2. The van der Waals surface area contributed by atoms with Crippen molar-refractivity contribution in [1.82, 2.24) is 10.1 Å². The Labute approximate surface area is 151 Å². The second-order valence-corrected chi connectivity index (χ2v) is 6.63. The molecule has 0 unspecified atom stereocenters. The van der Waals surface area contributed by atoms with Crippen molar-refractivity contribution in [3.8, 4) is 0 Å². The maximum Gasteiger partial charge on any atom is 0.342 e. The topological polar surface area (TPSA) is 68.5 Å². The van der Waals surface area contributed by atoms with Gasteiger partial charge in [-0.1, -0.05) is 23.4 Å². The number of para-hydroxylation sites is 1. The third kappa shape index (κ3) is 3.03. The Bertz CT molecular complexity index is 939. The van der Waals surface area contributed by atoms with Crippen LogP contribution in [0.1, 0.15) is 40.2 Å². The number of aromatic nitrogens is 2. The Balaban J connectivity index is 1.67. The van der Waals surface area contributed by atoms with Gasteiger partial charge in [-0.05, 0) is 38.8 Å². The van der Waals surface area contributed by atoms with Crippen LogP contribution in [0.2, 0.25) is 0 Å². The number of carbonyl (C=O) groups excluding carboxylic acids is 1. The number of ether oxygens (including phenoxy) is 1. The molecule has 26 heavy (non-hydrogen) atoms. The van der Waals surface area contributed by atoms with Crippen LogP contribution in [0.15, 0.2) is 34.9 Å². The number of benzene rings is 1. The number of fused-ring (bicyclic) bond motifs is 1. The highest BCUT2D eigenvalue weighted by Gasteiger charge is 2.23. The van der Waals surface area contributed by atoms with Crippen molar-refractivity contribution in [2.45, 2.75) is 33.3 Å². The van der Waals surface area contributed by atoms with Crippen LogP contribution in [-0.2, 0) is 11.3 Å². The first-order valence-corrected chi connectivity index (χ1v) is 8.87. The summed E-state index contributed by atoms with van der Waals surface area (Å²) in [6.45, 7) is 5.63. The molecule has 3 heterocycles. The summed E-state index contributed by atoms with van der Waals surface area (Å²) in [5.41, 5.74) is 2.95. The zero-order chi connectivity index (χ0) is 18.1. The van der Waals surface area contributed by atoms with Gasteiger partial charge in [0.1, 0.15) is 23.7 Å². The fourth-order valence-corrected chi connectivity index (χ4v) is 3.35. The maximum atomic E-state index is 12.8. The molecule has 134 valence electrons. The van der Waals surface area contributed by atoms with Gasteiger partial charge in [0.05, 0.1) is 16.8 Å². The molecule has 1 aliphatic heterocycles. The smallest absolute Gasteiger partial charge is 0.342 e. The van der Waals surface area contributed by atoms with Gasteiger partial charge < -0.3 is 14.2 Å². The van der Waals surface area contributed by atoms with Gasteiger partial charge in [0, 0.05) is 18.5 Å². The first kappa shape index (κ1) is 16.6. The summed E-state index contributed by atoms with van der Waals surface area (Å²) in [6, 6.07) is 9.71. The van der Waals surface area contributed by atoms with Crippen molar-refractivity contribution in [1.29, 1.82) is 0 Å². The number of carbonyl (C=O) groups is 1. The lowest BCUT2D eigenvalue weighted by atomic mass is 10.1. The van der Waals surface area contributed by atoms with E-state index in [1.54, 1.807) is 0 Å². The predicted molar refractivity (Wildman–Crippen MR) is 98.3 cm³/mol. The van der Waals surface area contributed by atoms with E-state index in [1.165, 1.54) is 0 Å². The summed E-state index contributed by atoms with van der Waals surface area (Å²) in [5.74, 6) is 1.02. The van der Waals surface area contributed by atoms with E-state index in [1.807, 2.05) is 44.2 Å². The Kier molecular flexibility index (Phi) is 4.32. The van der Waals surface area contributed by atoms with Gasteiger partial charge in [0.2, 0.25) is 0 Å². The number of anilines is 1. The number of hydrogen-bond acceptors (Lipinski definition) is 6. The second kappa shape index (κ2) is 6.78. The molecule has 0 bridgehead atoms. The number of hydrogen-bond donors (Lipinski definition) is 0. The molecular formula is C20H21N3O3. The Morgan fingerprint density at radius 3 is 2.73 bits per heavy atom. The van der Waals surface area contributed by atoms with Crippen LogP contribution in [-0.4, -0.2) is 29.2 Å². The molecule has 0 radical (unpaired) electrons. The molecule has 1 aliphatic rings. The molecule has 0 saturated carbocycles. The molecule has 1 aromatic carbocycles. The molecule has 6 nitrogen and oxygen atoms in total. The average Bonchev–Trinajstić information content (AvgIpc) is 3.29. The molecule has 1 saturated heterocycles. The van der Waals surface area contributed by atoms with E-state index in [0.717, 1.165) is 48.1 Å². The highest BCUT2D eigenvalue weighted by molar-refractivity contribution is 5.99. The number of pyridine rings is 1. The van der Waals surface area contributed by atoms with E-state index in [0.29, 0.717) is 17.1 Å². The zero-order valence-electron chi connectivity index (χ0n) is 15.0. The van der Waals surface area contributed by atoms with Crippen molar-refractivity contribution < 1.29 is 14.1 Å². The highest BCUT2D eigenvalue weighted by Crippen LogP contribution is 2.27. The minimum absolute atomic E-state index is 0.145. The van der Waals surface area contributed by atoms with Crippen LogP contribution >= 0.6 is 0 Å².